The minimum absolute atomic E-state index is 0.307. The first-order valence-electron chi connectivity index (χ1n) is 6.41. The summed E-state index contributed by atoms with van der Waals surface area (Å²) in [5, 5.41) is 4.40. The molecule has 4 nitrogen and oxygen atoms in total. The molecule has 2 heterocycles. The van der Waals surface area contributed by atoms with Crippen molar-refractivity contribution in [3.8, 4) is 0 Å². The topological polar surface area (TPSA) is 33.8 Å². The van der Waals surface area contributed by atoms with Gasteiger partial charge in [0.2, 0.25) is 0 Å². The highest BCUT2D eigenvalue weighted by molar-refractivity contribution is 6.56. The maximum atomic E-state index is 6.01. The van der Waals surface area contributed by atoms with Crippen LogP contribution in [-0.4, -0.2) is 29.1 Å². The Morgan fingerprint density at radius 2 is 1.72 bits per heavy atom. The summed E-state index contributed by atoms with van der Waals surface area (Å²) in [7, 11) is -0.380. The number of azo groups is 2. The molecule has 0 bridgehead atoms. The van der Waals surface area contributed by atoms with E-state index in [-0.39, 0.29) is 18.3 Å². The summed E-state index contributed by atoms with van der Waals surface area (Å²) < 4.78 is 13.9. The molecule has 0 aromatic rings. The molecule has 18 heavy (non-hydrogen) atoms. The average Bonchev–Trinajstić information content (AvgIpc) is 2.66. The van der Waals surface area contributed by atoms with Crippen LogP contribution in [-0.2, 0) is 9.31 Å². The van der Waals surface area contributed by atoms with Crippen molar-refractivity contribution in [1.29, 1.82) is 0 Å². The zero-order valence-electron chi connectivity index (χ0n) is 12.2. The zero-order valence-corrected chi connectivity index (χ0v) is 12.2. The predicted molar refractivity (Wildman–Crippen MR) is 71.1 cm³/mol. The lowest BCUT2D eigenvalue weighted by atomic mass is 9.77. The molecule has 0 amide bonds. The molecule has 2 aliphatic heterocycles. The van der Waals surface area contributed by atoms with Crippen LogP contribution < -0.4 is 0 Å². The van der Waals surface area contributed by atoms with Gasteiger partial charge in [0, 0.05) is 0 Å². The fourth-order valence-electron chi connectivity index (χ4n) is 1.87. The number of hydrogen-bond acceptors (Lipinski definition) is 3. The smallest absolute Gasteiger partial charge is 0.399 e. The van der Waals surface area contributed by atoms with E-state index in [1.807, 2.05) is 38.6 Å². The van der Waals surface area contributed by atoms with Crippen LogP contribution in [0.25, 0.3) is 0 Å². The molecule has 0 unspecified atom stereocenters. The van der Waals surface area contributed by atoms with E-state index in [9.17, 15) is 0 Å². The lowest BCUT2D eigenvalue weighted by molar-refractivity contribution is -0.552. The fourth-order valence-corrected chi connectivity index (χ4v) is 1.87. The van der Waals surface area contributed by atoms with Gasteiger partial charge < -0.3 is 9.31 Å². The van der Waals surface area contributed by atoms with E-state index in [4.69, 9.17) is 9.31 Å². The predicted octanol–water partition coefficient (Wildman–Crippen LogP) is 2.90. The van der Waals surface area contributed by atoms with Gasteiger partial charge in [0.15, 0.2) is 12.2 Å². The Labute approximate surface area is 110 Å². The molecule has 1 saturated heterocycles. The second-order valence-corrected chi connectivity index (χ2v) is 6.19. The van der Waals surface area contributed by atoms with Crippen LogP contribution in [0.3, 0.4) is 0 Å². The van der Waals surface area contributed by atoms with Crippen LogP contribution in [0.5, 0.6) is 0 Å². The lowest BCUT2D eigenvalue weighted by Gasteiger charge is -2.32. The Balaban J connectivity index is 2.22. The maximum absolute atomic E-state index is 6.01. The lowest BCUT2D eigenvalue weighted by Crippen LogP contribution is -2.41. The monoisotopic (exact) mass is 249 g/mol. The molecule has 0 atom stereocenters. The summed E-state index contributed by atoms with van der Waals surface area (Å²) in [5.41, 5.74) is 0.984. The third-order valence-electron chi connectivity index (χ3n) is 3.88. The zero-order chi connectivity index (χ0) is 13.7. The molecular weight excluding hydrogens is 227 g/mol. The summed E-state index contributed by atoms with van der Waals surface area (Å²) in [5.74, 6) is 0. The minimum atomic E-state index is -0.380. The van der Waals surface area contributed by atoms with Gasteiger partial charge in [-0.3, -0.25) is 0 Å². The van der Waals surface area contributed by atoms with Crippen molar-refractivity contribution in [3.63, 3.8) is 0 Å². The van der Waals surface area contributed by atoms with E-state index in [0.29, 0.717) is 6.04 Å². The summed E-state index contributed by atoms with van der Waals surface area (Å²) in [6.45, 7) is 16.3. The van der Waals surface area contributed by atoms with Crippen molar-refractivity contribution in [3.05, 3.63) is 23.9 Å². The van der Waals surface area contributed by atoms with Crippen molar-refractivity contribution in [1.82, 2.24) is 0 Å². The quantitative estimate of drug-likeness (QED) is 0.557. The van der Waals surface area contributed by atoms with E-state index in [2.05, 4.69) is 25.5 Å². The van der Waals surface area contributed by atoms with Gasteiger partial charge in [-0.25, -0.2) is 0 Å². The van der Waals surface area contributed by atoms with Crippen LogP contribution >= 0.6 is 0 Å². The summed E-state index contributed by atoms with van der Waals surface area (Å²) in [6, 6.07) is 0.307. The molecule has 0 radical (unpaired) electrons. The first-order valence-corrected chi connectivity index (χ1v) is 6.41. The van der Waals surface area contributed by atoms with Crippen molar-refractivity contribution in [2.75, 3.05) is 0 Å². The van der Waals surface area contributed by atoms with Crippen molar-refractivity contribution >= 4 is 7.12 Å². The van der Waals surface area contributed by atoms with Gasteiger partial charge in [-0.2, -0.15) is 0 Å². The summed E-state index contributed by atoms with van der Waals surface area (Å²) >= 11 is 0. The van der Waals surface area contributed by atoms with Gasteiger partial charge in [-0.1, -0.05) is 11.3 Å². The van der Waals surface area contributed by atoms with Crippen LogP contribution in [0.15, 0.2) is 29.1 Å². The van der Waals surface area contributed by atoms with Crippen LogP contribution in [0.2, 0.25) is 0 Å². The standard InChI is InChI=1S/C13H22BN2O2/c1-9(2)16-8-11(10(3)15-16)14-17-12(4,5)13(6,7)18-14/h8-9H,3H2,1-2,4-7H3/q+1. The summed E-state index contributed by atoms with van der Waals surface area (Å²) in [6.07, 6.45) is 1.97. The Bertz CT molecular complexity index is 434. The Morgan fingerprint density at radius 3 is 2.11 bits per heavy atom. The van der Waals surface area contributed by atoms with E-state index in [1.165, 1.54) is 0 Å². The SMILES string of the molecule is C=C1N=[N+](C(C)C)C=C1B1OC(C)(C)C(C)(C)O1. The van der Waals surface area contributed by atoms with Gasteiger partial charge in [0.05, 0.1) is 16.7 Å². The number of nitrogens with zero attached hydrogens (tertiary/aromatic N) is 2. The Hall–Kier alpha value is -0.935. The molecule has 98 valence electrons. The molecule has 2 aliphatic rings. The molecule has 0 N–H and O–H groups in total. The van der Waals surface area contributed by atoms with Crippen molar-refractivity contribution < 1.29 is 14.0 Å². The van der Waals surface area contributed by atoms with Crippen LogP contribution in [0, 0.1) is 0 Å². The van der Waals surface area contributed by atoms with Gasteiger partial charge in [0.25, 0.3) is 0 Å². The average molecular weight is 249 g/mol. The second-order valence-electron chi connectivity index (χ2n) is 6.19. The van der Waals surface area contributed by atoms with Gasteiger partial charge in [-0.05, 0) is 46.7 Å². The first kappa shape index (κ1) is 13.5. The van der Waals surface area contributed by atoms with E-state index < -0.39 is 0 Å². The molecule has 0 aliphatic carbocycles. The van der Waals surface area contributed by atoms with Crippen LogP contribution in [0.4, 0.5) is 0 Å². The molecular formula is C13H22BN2O2+. The van der Waals surface area contributed by atoms with Crippen LogP contribution in [0.1, 0.15) is 41.5 Å². The number of hydrogen-bond donors (Lipinski definition) is 0. The molecule has 5 heteroatoms. The van der Waals surface area contributed by atoms with E-state index in [1.54, 1.807) is 0 Å². The third-order valence-corrected chi connectivity index (χ3v) is 3.88. The van der Waals surface area contributed by atoms with E-state index in [0.717, 1.165) is 11.2 Å². The highest BCUT2D eigenvalue weighted by atomic mass is 16.7. The van der Waals surface area contributed by atoms with Gasteiger partial charge in [-0.15, -0.1) is 0 Å². The van der Waals surface area contributed by atoms with Crippen molar-refractivity contribution in [2.45, 2.75) is 58.8 Å². The summed E-state index contributed by atoms with van der Waals surface area (Å²) in [4.78, 5) is 0. The third kappa shape index (κ3) is 2.06. The molecule has 1 fully saturated rings. The Kier molecular flexibility index (Phi) is 3.02. The number of allylic oxidation sites excluding steroid dienone is 1. The highest BCUT2D eigenvalue weighted by Gasteiger charge is 2.54. The normalized spacial score (nSPS) is 25.7. The molecule has 2 rings (SSSR count). The van der Waals surface area contributed by atoms with Crippen molar-refractivity contribution in [2.24, 2.45) is 5.11 Å². The van der Waals surface area contributed by atoms with E-state index >= 15 is 0 Å². The molecule has 0 spiro atoms. The molecule has 0 aromatic carbocycles. The molecule has 0 saturated carbocycles. The largest absolute Gasteiger partial charge is 0.503 e. The Morgan fingerprint density at radius 1 is 1.22 bits per heavy atom. The second kappa shape index (κ2) is 4.03. The minimum Gasteiger partial charge on any atom is -0.399 e. The van der Waals surface area contributed by atoms with Gasteiger partial charge >= 0.3 is 7.12 Å². The highest BCUT2D eigenvalue weighted by Crippen LogP contribution is 2.40. The number of rotatable bonds is 2. The molecule has 0 aromatic heterocycles. The maximum Gasteiger partial charge on any atom is 0.503 e. The fraction of sp³-hybridized carbons (Fsp3) is 0.692. The van der Waals surface area contributed by atoms with Gasteiger partial charge in [0.1, 0.15) is 5.70 Å². The first-order chi connectivity index (χ1) is 8.14.